The molecule has 0 aliphatic heterocycles. The van der Waals surface area contributed by atoms with E-state index in [9.17, 15) is 0 Å². The Kier molecular flexibility index (Phi) is 4.48. The van der Waals surface area contributed by atoms with E-state index in [1.54, 1.807) is 11.1 Å². The summed E-state index contributed by atoms with van der Waals surface area (Å²) in [6.07, 6.45) is 6.79. The van der Waals surface area contributed by atoms with Gasteiger partial charge in [0.05, 0.1) is 0 Å². The van der Waals surface area contributed by atoms with Gasteiger partial charge in [-0.25, -0.2) is 0 Å². The molecule has 100 valence electrons. The van der Waals surface area contributed by atoms with E-state index >= 15 is 0 Å². The summed E-state index contributed by atoms with van der Waals surface area (Å²) in [5.41, 5.74) is 4.76. The van der Waals surface area contributed by atoms with E-state index in [1.165, 1.54) is 37.7 Å². The molecule has 0 heteroatoms. The van der Waals surface area contributed by atoms with Crippen LogP contribution < -0.4 is 0 Å². The van der Waals surface area contributed by atoms with Crippen LogP contribution in [0.15, 0.2) is 18.2 Å². The number of fused-ring (bicyclic) bond motifs is 1. The van der Waals surface area contributed by atoms with Gasteiger partial charge in [0.2, 0.25) is 0 Å². The topological polar surface area (TPSA) is 0 Å². The number of hydrogen-bond donors (Lipinski definition) is 0. The van der Waals surface area contributed by atoms with E-state index in [0.717, 1.165) is 11.8 Å². The van der Waals surface area contributed by atoms with Gasteiger partial charge in [-0.1, -0.05) is 45.9 Å². The van der Waals surface area contributed by atoms with Gasteiger partial charge < -0.3 is 0 Å². The van der Waals surface area contributed by atoms with Crippen molar-refractivity contribution in [2.24, 2.45) is 11.8 Å². The first-order valence-electron chi connectivity index (χ1n) is 7.68. The Bertz CT molecular complexity index is 387. The molecule has 1 aliphatic rings. The third kappa shape index (κ3) is 3.37. The summed E-state index contributed by atoms with van der Waals surface area (Å²) >= 11 is 0. The van der Waals surface area contributed by atoms with Crippen molar-refractivity contribution < 1.29 is 0 Å². The van der Waals surface area contributed by atoms with Gasteiger partial charge in [-0.3, -0.25) is 0 Å². The lowest BCUT2D eigenvalue weighted by Crippen LogP contribution is -2.04. The van der Waals surface area contributed by atoms with E-state index in [1.807, 2.05) is 0 Å². The molecule has 2 rings (SSSR count). The molecule has 18 heavy (non-hydrogen) atoms. The van der Waals surface area contributed by atoms with Crippen LogP contribution in [0.5, 0.6) is 0 Å². The van der Waals surface area contributed by atoms with Crippen LogP contribution in [0.4, 0.5) is 0 Å². The zero-order valence-corrected chi connectivity index (χ0v) is 12.5. The molecule has 1 aromatic rings. The van der Waals surface area contributed by atoms with E-state index < -0.39 is 0 Å². The van der Waals surface area contributed by atoms with Crippen molar-refractivity contribution in [2.75, 3.05) is 0 Å². The second kappa shape index (κ2) is 5.91. The highest BCUT2D eigenvalue weighted by atomic mass is 14.2. The van der Waals surface area contributed by atoms with Crippen molar-refractivity contribution in [3.63, 3.8) is 0 Å². The summed E-state index contributed by atoms with van der Waals surface area (Å²) in [4.78, 5) is 0. The van der Waals surface area contributed by atoms with E-state index in [4.69, 9.17) is 0 Å². The molecule has 0 saturated heterocycles. The van der Waals surface area contributed by atoms with Crippen LogP contribution in [0.25, 0.3) is 0 Å². The molecule has 1 unspecified atom stereocenters. The maximum absolute atomic E-state index is 2.47. The largest absolute Gasteiger partial charge is 0.0628 e. The Labute approximate surface area is 113 Å². The molecular weight excluding hydrogens is 216 g/mol. The van der Waals surface area contributed by atoms with Crippen LogP contribution in [0.2, 0.25) is 0 Å². The Balaban J connectivity index is 2.10. The zero-order chi connectivity index (χ0) is 13.1. The summed E-state index contributed by atoms with van der Waals surface area (Å²) < 4.78 is 0. The Hall–Kier alpha value is -0.780. The normalized spacial score (nSPS) is 20.0. The zero-order valence-electron chi connectivity index (χ0n) is 12.5. The van der Waals surface area contributed by atoms with Gasteiger partial charge in [-0.05, 0) is 66.5 Å². The molecule has 0 saturated carbocycles. The average molecular weight is 244 g/mol. The number of hydrogen-bond acceptors (Lipinski definition) is 0. The van der Waals surface area contributed by atoms with Crippen LogP contribution in [-0.4, -0.2) is 0 Å². The molecule has 0 N–H and O–H groups in total. The first kappa shape index (κ1) is 13.6. The Morgan fingerprint density at radius 2 is 1.67 bits per heavy atom. The van der Waals surface area contributed by atoms with Crippen molar-refractivity contribution >= 4 is 0 Å². The number of rotatable bonds is 3. The molecule has 1 atom stereocenters. The van der Waals surface area contributed by atoms with Crippen molar-refractivity contribution in [1.82, 2.24) is 0 Å². The van der Waals surface area contributed by atoms with Gasteiger partial charge >= 0.3 is 0 Å². The van der Waals surface area contributed by atoms with Crippen molar-refractivity contribution in [2.45, 2.75) is 65.7 Å². The molecule has 0 amide bonds. The fraction of sp³-hybridized carbons (Fsp3) is 0.667. The smallest absolute Gasteiger partial charge is 0.0219 e. The van der Waals surface area contributed by atoms with Crippen molar-refractivity contribution in [3.8, 4) is 0 Å². The predicted molar refractivity (Wildman–Crippen MR) is 80.1 cm³/mol. The highest BCUT2D eigenvalue weighted by Gasteiger charge is 2.17. The van der Waals surface area contributed by atoms with Gasteiger partial charge in [-0.2, -0.15) is 0 Å². The summed E-state index contributed by atoms with van der Waals surface area (Å²) in [5.74, 6) is 2.45. The first-order valence-corrected chi connectivity index (χ1v) is 7.68. The molecule has 1 aliphatic carbocycles. The average Bonchev–Trinajstić information content (AvgIpc) is 2.50. The fourth-order valence-electron chi connectivity index (χ4n) is 3.25. The van der Waals surface area contributed by atoms with Crippen LogP contribution in [0, 0.1) is 11.8 Å². The van der Waals surface area contributed by atoms with Crippen molar-refractivity contribution in [1.29, 1.82) is 0 Å². The summed E-state index contributed by atoms with van der Waals surface area (Å²) in [6, 6.07) is 7.20. The van der Waals surface area contributed by atoms with Crippen LogP contribution in [-0.2, 0) is 12.8 Å². The minimum atomic E-state index is 0.657. The molecule has 0 fully saturated rings. The molecule has 0 spiro atoms. The standard InChI is InChI=1S/C18H28/c1-13(2)11-15-5-7-16-9-10-17(14(3)4)12-18(16)8-6-15/h9-10,12-15H,5-8,11H2,1-4H3. The SMILES string of the molecule is CC(C)CC1CCc2ccc(C(C)C)cc2CC1. The third-order valence-electron chi connectivity index (χ3n) is 4.35. The molecule has 0 radical (unpaired) electrons. The molecule has 0 bridgehead atoms. The number of benzene rings is 1. The summed E-state index contributed by atoms with van der Waals surface area (Å²) in [6.45, 7) is 9.30. The monoisotopic (exact) mass is 244 g/mol. The molecule has 1 aromatic carbocycles. The summed E-state index contributed by atoms with van der Waals surface area (Å²) in [7, 11) is 0. The highest BCUT2D eigenvalue weighted by molar-refractivity contribution is 5.34. The first-order chi connectivity index (χ1) is 8.56. The predicted octanol–water partition coefficient (Wildman–Crippen LogP) is 5.35. The molecule has 0 nitrogen and oxygen atoms in total. The van der Waals surface area contributed by atoms with Crippen molar-refractivity contribution in [3.05, 3.63) is 34.9 Å². The van der Waals surface area contributed by atoms with Gasteiger partial charge in [-0.15, -0.1) is 0 Å². The van der Waals surface area contributed by atoms with Gasteiger partial charge in [0, 0.05) is 0 Å². The van der Waals surface area contributed by atoms with Crippen LogP contribution >= 0.6 is 0 Å². The summed E-state index contributed by atoms with van der Waals surface area (Å²) in [5, 5.41) is 0. The minimum Gasteiger partial charge on any atom is -0.0628 e. The second-order valence-corrected chi connectivity index (χ2v) is 6.76. The Morgan fingerprint density at radius 3 is 2.28 bits per heavy atom. The molecule has 0 heterocycles. The number of aryl methyl sites for hydroxylation is 2. The Morgan fingerprint density at radius 1 is 1.00 bits per heavy atom. The van der Waals surface area contributed by atoms with Crippen LogP contribution in [0.3, 0.4) is 0 Å². The minimum absolute atomic E-state index is 0.657. The van der Waals surface area contributed by atoms with E-state index in [2.05, 4.69) is 45.9 Å². The van der Waals surface area contributed by atoms with Gasteiger partial charge in [0.25, 0.3) is 0 Å². The molecule has 0 aromatic heterocycles. The fourth-order valence-corrected chi connectivity index (χ4v) is 3.25. The third-order valence-corrected chi connectivity index (χ3v) is 4.35. The maximum Gasteiger partial charge on any atom is -0.0219 e. The molecular formula is C18H28. The van der Waals surface area contributed by atoms with E-state index in [0.29, 0.717) is 5.92 Å². The lowest BCUT2D eigenvalue weighted by Gasteiger charge is -2.15. The highest BCUT2D eigenvalue weighted by Crippen LogP contribution is 2.30. The maximum atomic E-state index is 2.47. The lowest BCUT2D eigenvalue weighted by molar-refractivity contribution is 0.372. The van der Waals surface area contributed by atoms with Gasteiger partial charge in [0.1, 0.15) is 0 Å². The van der Waals surface area contributed by atoms with E-state index in [-0.39, 0.29) is 0 Å². The lowest BCUT2D eigenvalue weighted by atomic mass is 9.90. The quantitative estimate of drug-likeness (QED) is 0.629. The van der Waals surface area contributed by atoms with Crippen LogP contribution in [0.1, 0.15) is 69.6 Å². The second-order valence-electron chi connectivity index (χ2n) is 6.76. The van der Waals surface area contributed by atoms with Gasteiger partial charge in [0.15, 0.2) is 0 Å².